The number of carbonyl (C=O) groups excluding carboxylic acids is 2. The predicted octanol–water partition coefficient (Wildman–Crippen LogP) is 3.09. The van der Waals surface area contributed by atoms with Crippen molar-refractivity contribution in [1.29, 1.82) is 0 Å². The van der Waals surface area contributed by atoms with Crippen LogP contribution in [0.1, 0.15) is 46.0 Å². The molecule has 0 radical (unpaired) electrons. The quantitative estimate of drug-likeness (QED) is 0.592. The normalized spacial score (nSPS) is 22.9. The van der Waals surface area contributed by atoms with Crippen molar-refractivity contribution in [2.24, 2.45) is 11.8 Å². The molecule has 1 atom stereocenters. The first-order valence-electron chi connectivity index (χ1n) is 8.23. The third-order valence-electron chi connectivity index (χ3n) is 4.88. The van der Waals surface area contributed by atoms with Crippen LogP contribution in [0.15, 0.2) is 23.8 Å². The van der Waals surface area contributed by atoms with E-state index in [4.69, 9.17) is 4.74 Å². The minimum atomic E-state index is -0.105. The number of rotatable bonds is 4. The molecule has 0 saturated carbocycles. The number of likely N-dealkylation sites (tertiary alicyclic amines) is 1. The summed E-state index contributed by atoms with van der Waals surface area (Å²) in [5.74, 6) is 0.510. The third kappa shape index (κ3) is 4.46. The molecule has 1 saturated heterocycles. The van der Waals surface area contributed by atoms with E-state index >= 15 is 0 Å². The first-order chi connectivity index (χ1) is 10.5. The summed E-state index contributed by atoms with van der Waals surface area (Å²) in [5.41, 5.74) is 2.47. The average Bonchev–Trinajstić information content (AvgIpc) is 2.53. The Morgan fingerprint density at radius 2 is 1.91 bits per heavy atom. The summed E-state index contributed by atoms with van der Waals surface area (Å²) in [5, 5.41) is 0. The van der Waals surface area contributed by atoms with Gasteiger partial charge < -0.3 is 9.64 Å². The number of hydrogen-bond donors (Lipinski definition) is 0. The van der Waals surface area contributed by atoms with Gasteiger partial charge in [0.15, 0.2) is 0 Å². The van der Waals surface area contributed by atoms with Gasteiger partial charge in [-0.1, -0.05) is 18.2 Å². The van der Waals surface area contributed by atoms with Crippen LogP contribution in [0.2, 0.25) is 0 Å². The van der Waals surface area contributed by atoms with Crippen molar-refractivity contribution in [1.82, 2.24) is 4.90 Å². The summed E-state index contributed by atoms with van der Waals surface area (Å²) < 4.78 is 5.48. The summed E-state index contributed by atoms with van der Waals surface area (Å²) in [6.07, 6.45) is 6.75. The van der Waals surface area contributed by atoms with Crippen molar-refractivity contribution in [2.45, 2.75) is 46.0 Å². The summed E-state index contributed by atoms with van der Waals surface area (Å²) in [6.45, 7) is 9.43. The molecule has 0 bridgehead atoms. The Hall–Kier alpha value is -1.58. The zero-order chi connectivity index (χ0) is 16.1. The first kappa shape index (κ1) is 16.8. The number of allylic oxidation sites excluding steroid dienone is 2. The molecule has 1 fully saturated rings. The van der Waals surface area contributed by atoms with Gasteiger partial charge in [-0.05, 0) is 50.5 Å². The van der Waals surface area contributed by atoms with Crippen LogP contribution < -0.4 is 0 Å². The van der Waals surface area contributed by atoms with E-state index < -0.39 is 0 Å². The van der Waals surface area contributed by atoms with Crippen LogP contribution in [-0.4, -0.2) is 36.5 Å². The number of piperidine rings is 1. The molecule has 0 unspecified atom stereocenters. The maximum atomic E-state index is 12.1. The molecular formula is C18H27NO3. The summed E-state index contributed by atoms with van der Waals surface area (Å²) in [7, 11) is 0. The molecule has 1 aliphatic heterocycles. The topological polar surface area (TPSA) is 46.6 Å². The molecule has 1 amide bonds. The Morgan fingerprint density at radius 3 is 2.41 bits per heavy atom. The second kappa shape index (κ2) is 7.61. The number of nitrogens with zero attached hydrogens (tertiary/aromatic N) is 1. The fourth-order valence-corrected chi connectivity index (χ4v) is 3.18. The lowest BCUT2D eigenvalue weighted by Crippen LogP contribution is -2.39. The summed E-state index contributed by atoms with van der Waals surface area (Å²) >= 11 is 0. The van der Waals surface area contributed by atoms with Crippen molar-refractivity contribution in [3.8, 4) is 0 Å². The standard InChI is InChI=1S/C18H27NO3/c1-13(2)16-6-4-15(5-7-16)12-22-18(21)17-8-10-19(11-9-17)14(3)20/h4,16-17H,1,5-12H2,2-3H3/t16-/m0/s1. The number of amides is 1. The van der Waals surface area contributed by atoms with E-state index in [1.807, 2.05) is 0 Å². The van der Waals surface area contributed by atoms with Gasteiger partial charge in [0.25, 0.3) is 0 Å². The monoisotopic (exact) mass is 305 g/mol. The number of hydrogen-bond acceptors (Lipinski definition) is 3. The third-order valence-corrected chi connectivity index (χ3v) is 4.88. The molecule has 1 heterocycles. The molecule has 0 spiro atoms. The van der Waals surface area contributed by atoms with Crippen LogP contribution >= 0.6 is 0 Å². The zero-order valence-corrected chi connectivity index (χ0v) is 13.8. The Balaban J connectivity index is 1.73. The van der Waals surface area contributed by atoms with Crippen molar-refractivity contribution < 1.29 is 14.3 Å². The van der Waals surface area contributed by atoms with E-state index in [1.165, 1.54) is 11.1 Å². The fourth-order valence-electron chi connectivity index (χ4n) is 3.18. The molecule has 122 valence electrons. The molecule has 0 aromatic heterocycles. The number of esters is 1. The van der Waals surface area contributed by atoms with Crippen LogP contribution in [0.5, 0.6) is 0 Å². The highest BCUT2D eigenvalue weighted by Crippen LogP contribution is 2.28. The minimum absolute atomic E-state index is 0.0528. The molecule has 2 rings (SSSR count). The van der Waals surface area contributed by atoms with E-state index in [0.717, 1.165) is 32.1 Å². The number of carbonyl (C=O) groups is 2. The first-order valence-corrected chi connectivity index (χ1v) is 8.23. The fraction of sp³-hybridized carbons (Fsp3) is 0.667. The molecule has 0 N–H and O–H groups in total. The summed E-state index contributed by atoms with van der Waals surface area (Å²) in [4.78, 5) is 25.2. The van der Waals surface area contributed by atoms with Gasteiger partial charge in [0, 0.05) is 20.0 Å². The Labute approximate surface area is 133 Å². The SMILES string of the molecule is C=C(C)[C@H]1CC=C(COC(=O)C2CCN(C(C)=O)CC2)CC1. The van der Waals surface area contributed by atoms with Crippen LogP contribution in [0, 0.1) is 11.8 Å². The molecule has 2 aliphatic rings. The Bertz CT molecular complexity index is 473. The van der Waals surface area contributed by atoms with Crippen LogP contribution in [0.3, 0.4) is 0 Å². The van der Waals surface area contributed by atoms with Gasteiger partial charge >= 0.3 is 5.97 Å². The van der Waals surface area contributed by atoms with E-state index in [2.05, 4.69) is 19.6 Å². The van der Waals surface area contributed by atoms with Crippen molar-refractivity contribution >= 4 is 11.9 Å². The van der Waals surface area contributed by atoms with Crippen molar-refractivity contribution in [2.75, 3.05) is 19.7 Å². The largest absolute Gasteiger partial charge is 0.461 e. The second-order valence-corrected chi connectivity index (χ2v) is 6.57. The molecule has 4 nitrogen and oxygen atoms in total. The highest BCUT2D eigenvalue weighted by Gasteiger charge is 2.27. The van der Waals surface area contributed by atoms with E-state index in [0.29, 0.717) is 25.6 Å². The maximum Gasteiger partial charge on any atom is 0.309 e. The predicted molar refractivity (Wildman–Crippen MR) is 86.2 cm³/mol. The minimum Gasteiger partial charge on any atom is -0.461 e. The molecular weight excluding hydrogens is 278 g/mol. The lowest BCUT2D eigenvalue weighted by molar-refractivity contribution is -0.150. The van der Waals surface area contributed by atoms with E-state index in [9.17, 15) is 9.59 Å². The summed E-state index contributed by atoms with van der Waals surface area (Å²) in [6, 6.07) is 0. The van der Waals surface area contributed by atoms with Crippen molar-refractivity contribution in [3.05, 3.63) is 23.8 Å². The number of ether oxygens (including phenoxy) is 1. The maximum absolute atomic E-state index is 12.1. The van der Waals surface area contributed by atoms with Crippen LogP contribution in [-0.2, 0) is 14.3 Å². The van der Waals surface area contributed by atoms with Gasteiger partial charge in [0.2, 0.25) is 5.91 Å². The Kier molecular flexibility index (Phi) is 5.81. The van der Waals surface area contributed by atoms with Crippen LogP contribution in [0.25, 0.3) is 0 Å². The van der Waals surface area contributed by atoms with Crippen molar-refractivity contribution in [3.63, 3.8) is 0 Å². The Morgan fingerprint density at radius 1 is 1.23 bits per heavy atom. The lowest BCUT2D eigenvalue weighted by atomic mass is 9.86. The van der Waals surface area contributed by atoms with Gasteiger partial charge in [-0.2, -0.15) is 0 Å². The molecule has 1 aliphatic carbocycles. The molecule has 4 heteroatoms. The zero-order valence-electron chi connectivity index (χ0n) is 13.8. The highest BCUT2D eigenvalue weighted by atomic mass is 16.5. The van der Waals surface area contributed by atoms with Gasteiger partial charge in [0.1, 0.15) is 6.61 Å². The van der Waals surface area contributed by atoms with Gasteiger partial charge in [0.05, 0.1) is 5.92 Å². The van der Waals surface area contributed by atoms with Gasteiger partial charge in [-0.25, -0.2) is 0 Å². The lowest BCUT2D eigenvalue weighted by Gasteiger charge is -2.30. The van der Waals surface area contributed by atoms with Gasteiger partial charge in [-0.15, -0.1) is 0 Å². The molecule has 0 aromatic rings. The van der Waals surface area contributed by atoms with E-state index in [1.54, 1.807) is 11.8 Å². The second-order valence-electron chi connectivity index (χ2n) is 6.57. The molecule has 22 heavy (non-hydrogen) atoms. The highest BCUT2D eigenvalue weighted by molar-refractivity contribution is 5.75. The van der Waals surface area contributed by atoms with Crippen LogP contribution in [0.4, 0.5) is 0 Å². The van der Waals surface area contributed by atoms with Gasteiger partial charge in [-0.3, -0.25) is 9.59 Å². The van der Waals surface area contributed by atoms with E-state index in [-0.39, 0.29) is 17.8 Å². The molecule has 0 aromatic carbocycles. The average molecular weight is 305 g/mol. The smallest absolute Gasteiger partial charge is 0.309 e.